The summed E-state index contributed by atoms with van der Waals surface area (Å²) in [4.78, 5) is 11.5. The van der Waals surface area contributed by atoms with Crippen LogP contribution in [-0.2, 0) is 13.6 Å². The monoisotopic (exact) mass is 263 g/mol. The number of hydrogen-bond acceptors (Lipinski definition) is 4. The second kappa shape index (κ2) is 5.19. The summed E-state index contributed by atoms with van der Waals surface area (Å²) in [5.74, 6) is -0.332. The maximum Gasteiger partial charge on any atom is 0.266 e. The third-order valence-corrected chi connectivity index (χ3v) is 2.82. The smallest absolute Gasteiger partial charge is 0.266 e. The van der Waals surface area contributed by atoms with Crippen molar-refractivity contribution in [3.05, 3.63) is 46.0 Å². The van der Waals surface area contributed by atoms with Crippen LogP contribution < -0.4 is 16.0 Å². The molecule has 0 bridgehead atoms. The van der Waals surface area contributed by atoms with E-state index in [4.69, 9.17) is 10.5 Å². The van der Waals surface area contributed by atoms with Gasteiger partial charge >= 0.3 is 0 Å². The maximum atomic E-state index is 13.7. The summed E-state index contributed by atoms with van der Waals surface area (Å²) in [6.45, 7) is 0.159. The molecule has 5 nitrogen and oxygen atoms in total. The van der Waals surface area contributed by atoms with Crippen molar-refractivity contribution in [1.29, 1.82) is 0 Å². The summed E-state index contributed by atoms with van der Waals surface area (Å²) in [6, 6.07) is 5.90. The highest BCUT2D eigenvalue weighted by Crippen LogP contribution is 2.25. The first-order valence-corrected chi connectivity index (χ1v) is 5.68. The van der Waals surface area contributed by atoms with Gasteiger partial charge < -0.3 is 10.5 Å². The Labute approximate surface area is 109 Å². The molecule has 0 saturated carbocycles. The van der Waals surface area contributed by atoms with Crippen molar-refractivity contribution < 1.29 is 9.13 Å². The number of nitrogens with zero attached hydrogens (tertiary/aromatic N) is 2. The molecule has 0 aliphatic rings. The Bertz CT molecular complexity index is 667. The zero-order valence-corrected chi connectivity index (χ0v) is 10.7. The van der Waals surface area contributed by atoms with E-state index in [2.05, 4.69) is 5.10 Å². The molecule has 2 aromatic rings. The predicted octanol–water partition coefficient (Wildman–Crippen LogP) is 1.05. The lowest BCUT2D eigenvalue weighted by atomic mass is 10.1. The lowest BCUT2D eigenvalue weighted by molar-refractivity contribution is 0.386. The Hall–Kier alpha value is -2.21. The van der Waals surface area contributed by atoms with Crippen LogP contribution >= 0.6 is 0 Å². The highest BCUT2D eigenvalue weighted by molar-refractivity contribution is 5.63. The Morgan fingerprint density at radius 1 is 1.42 bits per heavy atom. The van der Waals surface area contributed by atoms with Crippen LogP contribution in [0.1, 0.15) is 5.56 Å². The molecule has 6 heteroatoms. The molecule has 0 aliphatic carbocycles. The Kier molecular flexibility index (Phi) is 3.62. The van der Waals surface area contributed by atoms with Gasteiger partial charge in [-0.1, -0.05) is 0 Å². The number of ether oxygens (including phenoxy) is 1. The van der Waals surface area contributed by atoms with Crippen molar-refractivity contribution >= 4 is 0 Å². The van der Waals surface area contributed by atoms with Crippen LogP contribution in [0.25, 0.3) is 11.3 Å². The molecule has 2 N–H and O–H groups in total. The van der Waals surface area contributed by atoms with Crippen molar-refractivity contribution in [1.82, 2.24) is 9.78 Å². The average Bonchev–Trinajstić information content (AvgIpc) is 2.41. The first kappa shape index (κ1) is 13.2. The van der Waals surface area contributed by atoms with E-state index in [-0.39, 0.29) is 17.9 Å². The average molecular weight is 263 g/mol. The third kappa shape index (κ3) is 2.48. The highest BCUT2D eigenvalue weighted by atomic mass is 19.1. The van der Waals surface area contributed by atoms with Crippen LogP contribution in [0.3, 0.4) is 0 Å². The summed E-state index contributed by atoms with van der Waals surface area (Å²) in [7, 11) is 2.93. The Morgan fingerprint density at radius 2 is 2.16 bits per heavy atom. The minimum Gasteiger partial charge on any atom is -0.494 e. The lowest BCUT2D eigenvalue weighted by Gasteiger charge is -2.09. The number of halogens is 1. The van der Waals surface area contributed by atoms with Crippen molar-refractivity contribution in [3.8, 4) is 17.0 Å². The van der Waals surface area contributed by atoms with E-state index in [0.717, 1.165) is 0 Å². The number of hydrogen-bond donors (Lipinski definition) is 1. The standard InChI is InChI=1S/C13H14FN3O2/c1-17-12(18)6-9(7-15)13(16-17)8-3-4-11(19-2)10(14)5-8/h3-6H,7,15H2,1-2H3. The van der Waals surface area contributed by atoms with Crippen LogP contribution in [-0.4, -0.2) is 16.9 Å². The zero-order valence-electron chi connectivity index (χ0n) is 10.7. The molecule has 0 aliphatic heterocycles. The molecule has 2 rings (SSSR count). The number of aryl methyl sites for hydroxylation is 1. The van der Waals surface area contributed by atoms with Gasteiger partial charge in [-0.15, -0.1) is 0 Å². The van der Waals surface area contributed by atoms with Gasteiger partial charge in [-0.25, -0.2) is 9.07 Å². The van der Waals surface area contributed by atoms with Crippen LogP contribution in [0.5, 0.6) is 5.75 Å². The fourth-order valence-corrected chi connectivity index (χ4v) is 1.79. The molecule has 100 valence electrons. The summed E-state index contributed by atoms with van der Waals surface area (Å²) >= 11 is 0. The first-order chi connectivity index (χ1) is 9.06. The topological polar surface area (TPSA) is 70.1 Å². The van der Waals surface area contributed by atoms with Gasteiger partial charge in [-0.2, -0.15) is 5.10 Å². The molecule has 1 aromatic carbocycles. The van der Waals surface area contributed by atoms with E-state index >= 15 is 0 Å². The fraction of sp³-hybridized carbons (Fsp3) is 0.231. The molecule has 0 saturated heterocycles. The van der Waals surface area contributed by atoms with Gasteiger partial charge in [0, 0.05) is 25.2 Å². The minimum absolute atomic E-state index is 0.155. The van der Waals surface area contributed by atoms with Crippen molar-refractivity contribution in [3.63, 3.8) is 0 Å². The minimum atomic E-state index is -0.487. The number of benzene rings is 1. The number of methoxy groups -OCH3 is 1. The van der Waals surface area contributed by atoms with Crippen LogP contribution in [0, 0.1) is 5.82 Å². The van der Waals surface area contributed by atoms with Crippen molar-refractivity contribution in [2.75, 3.05) is 7.11 Å². The van der Waals surface area contributed by atoms with E-state index in [0.29, 0.717) is 16.8 Å². The number of rotatable bonds is 3. The summed E-state index contributed by atoms with van der Waals surface area (Å²) in [5.41, 5.74) is 6.96. The first-order valence-electron chi connectivity index (χ1n) is 5.68. The zero-order chi connectivity index (χ0) is 14.0. The maximum absolute atomic E-state index is 13.7. The predicted molar refractivity (Wildman–Crippen MR) is 69.3 cm³/mol. The number of aromatic nitrogens is 2. The van der Waals surface area contributed by atoms with Crippen LogP contribution in [0.15, 0.2) is 29.1 Å². The molecule has 1 heterocycles. The largest absolute Gasteiger partial charge is 0.494 e. The second-order valence-corrected chi connectivity index (χ2v) is 4.03. The molecule has 0 radical (unpaired) electrons. The van der Waals surface area contributed by atoms with Crippen LogP contribution in [0.4, 0.5) is 4.39 Å². The van der Waals surface area contributed by atoms with Crippen LogP contribution in [0.2, 0.25) is 0 Å². The summed E-state index contributed by atoms with van der Waals surface area (Å²) in [5, 5.41) is 4.13. The third-order valence-electron chi connectivity index (χ3n) is 2.82. The van der Waals surface area contributed by atoms with E-state index in [1.807, 2.05) is 0 Å². The second-order valence-electron chi connectivity index (χ2n) is 4.03. The van der Waals surface area contributed by atoms with Gasteiger partial charge in [-0.3, -0.25) is 4.79 Å². The lowest BCUT2D eigenvalue weighted by Crippen LogP contribution is -2.21. The molecule has 0 unspecified atom stereocenters. The summed E-state index contributed by atoms with van der Waals surface area (Å²) < 4.78 is 19.8. The molecular formula is C13H14FN3O2. The molecular weight excluding hydrogens is 249 g/mol. The summed E-state index contributed by atoms with van der Waals surface area (Å²) in [6.07, 6.45) is 0. The van der Waals surface area contributed by atoms with E-state index < -0.39 is 5.82 Å². The molecule has 0 amide bonds. The SMILES string of the molecule is COc1ccc(-c2nn(C)c(=O)cc2CN)cc1F. The van der Waals surface area contributed by atoms with Gasteiger partial charge in [0.05, 0.1) is 12.8 Å². The van der Waals surface area contributed by atoms with Crippen molar-refractivity contribution in [2.45, 2.75) is 6.54 Å². The van der Waals surface area contributed by atoms with Gasteiger partial charge in [0.25, 0.3) is 5.56 Å². The van der Waals surface area contributed by atoms with Crippen molar-refractivity contribution in [2.24, 2.45) is 12.8 Å². The molecule has 1 aromatic heterocycles. The molecule has 0 atom stereocenters. The number of nitrogens with two attached hydrogens (primary N) is 1. The van der Waals surface area contributed by atoms with Gasteiger partial charge in [-0.05, 0) is 23.8 Å². The van der Waals surface area contributed by atoms with Gasteiger partial charge in [0.1, 0.15) is 0 Å². The van der Waals surface area contributed by atoms with E-state index in [1.165, 1.54) is 37.0 Å². The Morgan fingerprint density at radius 3 is 2.74 bits per heavy atom. The van der Waals surface area contributed by atoms with E-state index in [9.17, 15) is 9.18 Å². The molecule has 19 heavy (non-hydrogen) atoms. The quantitative estimate of drug-likeness (QED) is 0.898. The fourth-order valence-electron chi connectivity index (χ4n) is 1.79. The molecule has 0 fully saturated rings. The van der Waals surface area contributed by atoms with Gasteiger partial charge in [0.15, 0.2) is 11.6 Å². The Balaban J connectivity index is 2.61. The highest BCUT2D eigenvalue weighted by Gasteiger charge is 2.11. The van der Waals surface area contributed by atoms with Gasteiger partial charge in [0.2, 0.25) is 0 Å². The van der Waals surface area contributed by atoms with E-state index in [1.54, 1.807) is 6.07 Å². The normalized spacial score (nSPS) is 10.5. The molecule has 0 spiro atoms.